The fourth-order valence-corrected chi connectivity index (χ4v) is 2.46. The first kappa shape index (κ1) is 10.1. The number of nitrogens with zero attached hydrogens (tertiary/aromatic N) is 1. The number of carboxylic acid groups (broad SMARTS) is 1. The zero-order valence-electron chi connectivity index (χ0n) is 8.74. The van der Waals surface area contributed by atoms with Gasteiger partial charge in [0.15, 0.2) is 0 Å². The SMILES string of the molecule is O=C(O)N1CC2(C1)C(=O)Nc1cc(F)ccc12. The smallest absolute Gasteiger partial charge is 0.407 e. The van der Waals surface area contributed by atoms with Gasteiger partial charge in [0.1, 0.15) is 11.2 Å². The van der Waals surface area contributed by atoms with Crippen LogP contribution in [-0.4, -0.2) is 35.1 Å². The van der Waals surface area contributed by atoms with Crippen molar-refractivity contribution in [3.05, 3.63) is 29.6 Å². The van der Waals surface area contributed by atoms with Crippen LogP contribution < -0.4 is 5.32 Å². The first-order valence-corrected chi connectivity index (χ1v) is 5.12. The lowest BCUT2D eigenvalue weighted by Gasteiger charge is -2.44. The molecular formula is C11H9FN2O3. The highest BCUT2D eigenvalue weighted by Gasteiger charge is 2.56. The number of anilines is 1. The van der Waals surface area contributed by atoms with Gasteiger partial charge in [0.25, 0.3) is 0 Å². The minimum Gasteiger partial charge on any atom is -0.465 e. The maximum absolute atomic E-state index is 13.0. The molecule has 2 heterocycles. The molecule has 88 valence electrons. The summed E-state index contributed by atoms with van der Waals surface area (Å²) in [6.45, 7) is 0.263. The molecule has 0 unspecified atom stereocenters. The molecule has 1 aromatic rings. The molecule has 2 aliphatic rings. The Morgan fingerprint density at radius 3 is 2.82 bits per heavy atom. The van der Waals surface area contributed by atoms with Crippen molar-refractivity contribution >= 4 is 17.7 Å². The van der Waals surface area contributed by atoms with E-state index < -0.39 is 17.3 Å². The summed E-state index contributed by atoms with van der Waals surface area (Å²) in [6.07, 6.45) is -1.04. The van der Waals surface area contributed by atoms with E-state index in [1.807, 2.05) is 0 Å². The predicted octanol–water partition coefficient (Wildman–Crippen LogP) is 1.01. The van der Waals surface area contributed by atoms with Gasteiger partial charge in [-0.1, -0.05) is 6.07 Å². The molecular weight excluding hydrogens is 227 g/mol. The third-order valence-electron chi connectivity index (χ3n) is 3.37. The molecule has 2 N–H and O–H groups in total. The number of carbonyl (C=O) groups is 2. The van der Waals surface area contributed by atoms with Crippen molar-refractivity contribution in [3.63, 3.8) is 0 Å². The zero-order valence-corrected chi connectivity index (χ0v) is 8.74. The second-order valence-electron chi connectivity index (χ2n) is 4.36. The topological polar surface area (TPSA) is 69.6 Å². The summed E-state index contributed by atoms with van der Waals surface area (Å²) in [6, 6.07) is 4.08. The van der Waals surface area contributed by atoms with Crippen LogP contribution in [0.4, 0.5) is 14.9 Å². The van der Waals surface area contributed by atoms with E-state index in [1.54, 1.807) is 6.07 Å². The highest BCUT2D eigenvalue weighted by molar-refractivity contribution is 6.08. The normalized spacial score (nSPS) is 19.8. The molecule has 0 saturated carbocycles. The minimum absolute atomic E-state index is 0.132. The first-order valence-electron chi connectivity index (χ1n) is 5.12. The Labute approximate surface area is 95.8 Å². The summed E-state index contributed by atoms with van der Waals surface area (Å²) in [5, 5.41) is 11.4. The Balaban J connectivity index is 1.99. The number of likely N-dealkylation sites (tertiary alicyclic amines) is 1. The number of amides is 2. The fourth-order valence-electron chi connectivity index (χ4n) is 2.46. The van der Waals surface area contributed by atoms with Gasteiger partial charge in [0.2, 0.25) is 5.91 Å². The molecule has 1 aromatic carbocycles. The predicted molar refractivity (Wildman–Crippen MR) is 56.3 cm³/mol. The number of benzene rings is 1. The van der Waals surface area contributed by atoms with Crippen LogP contribution in [0.5, 0.6) is 0 Å². The van der Waals surface area contributed by atoms with Crippen LogP contribution in [0.15, 0.2) is 18.2 Å². The van der Waals surface area contributed by atoms with E-state index in [1.165, 1.54) is 12.1 Å². The van der Waals surface area contributed by atoms with E-state index in [2.05, 4.69) is 5.32 Å². The van der Waals surface area contributed by atoms with Crippen LogP contribution in [0.2, 0.25) is 0 Å². The number of hydrogen-bond acceptors (Lipinski definition) is 2. The number of halogens is 1. The Bertz CT molecular complexity index is 538. The van der Waals surface area contributed by atoms with Crippen molar-refractivity contribution in [3.8, 4) is 0 Å². The minimum atomic E-state index is -1.04. The standard InChI is InChI=1S/C11H9FN2O3/c12-6-1-2-7-8(3-6)13-9(15)11(7)4-14(5-11)10(16)17/h1-3H,4-5H2,(H,13,15)(H,16,17). The van der Waals surface area contributed by atoms with E-state index in [-0.39, 0.29) is 19.0 Å². The number of hydrogen-bond donors (Lipinski definition) is 2. The van der Waals surface area contributed by atoms with Crippen molar-refractivity contribution < 1.29 is 19.1 Å². The largest absolute Gasteiger partial charge is 0.465 e. The van der Waals surface area contributed by atoms with Gasteiger partial charge < -0.3 is 15.3 Å². The Morgan fingerprint density at radius 2 is 2.18 bits per heavy atom. The lowest BCUT2D eigenvalue weighted by Crippen LogP contribution is -2.64. The van der Waals surface area contributed by atoms with E-state index in [0.717, 1.165) is 4.90 Å². The van der Waals surface area contributed by atoms with Crippen LogP contribution in [-0.2, 0) is 10.2 Å². The summed E-state index contributed by atoms with van der Waals surface area (Å²) in [4.78, 5) is 23.8. The first-order chi connectivity index (χ1) is 8.03. The van der Waals surface area contributed by atoms with E-state index in [9.17, 15) is 14.0 Å². The molecule has 0 aliphatic carbocycles. The molecule has 17 heavy (non-hydrogen) atoms. The number of fused-ring (bicyclic) bond motifs is 2. The van der Waals surface area contributed by atoms with Crippen LogP contribution in [0.25, 0.3) is 0 Å². The molecule has 2 amide bonds. The molecule has 0 aromatic heterocycles. The summed E-state index contributed by atoms with van der Waals surface area (Å²) < 4.78 is 13.0. The van der Waals surface area contributed by atoms with Gasteiger partial charge in [0.05, 0.1) is 0 Å². The molecule has 5 nitrogen and oxygen atoms in total. The second-order valence-corrected chi connectivity index (χ2v) is 4.36. The van der Waals surface area contributed by atoms with Gasteiger partial charge >= 0.3 is 6.09 Å². The summed E-state index contributed by atoms with van der Waals surface area (Å²) in [5.41, 5.74) is 0.308. The Kier molecular flexibility index (Phi) is 1.76. The molecule has 6 heteroatoms. The molecule has 0 atom stereocenters. The van der Waals surface area contributed by atoms with Crippen molar-refractivity contribution in [1.29, 1.82) is 0 Å². The molecule has 0 radical (unpaired) electrons. The lowest BCUT2D eigenvalue weighted by molar-refractivity contribution is -0.125. The summed E-state index contributed by atoms with van der Waals surface area (Å²) >= 11 is 0. The average molecular weight is 236 g/mol. The number of rotatable bonds is 0. The van der Waals surface area contributed by atoms with E-state index in [0.29, 0.717) is 11.3 Å². The van der Waals surface area contributed by atoms with E-state index in [4.69, 9.17) is 5.11 Å². The van der Waals surface area contributed by atoms with Crippen molar-refractivity contribution in [1.82, 2.24) is 4.90 Å². The molecule has 3 rings (SSSR count). The van der Waals surface area contributed by atoms with Gasteiger partial charge in [-0.15, -0.1) is 0 Å². The fraction of sp³-hybridized carbons (Fsp3) is 0.273. The van der Waals surface area contributed by atoms with Crippen LogP contribution in [0, 0.1) is 5.82 Å². The highest BCUT2D eigenvalue weighted by atomic mass is 19.1. The summed E-state index contributed by atoms with van der Waals surface area (Å²) in [5.74, 6) is -0.675. The van der Waals surface area contributed by atoms with Crippen LogP contribution in [0.3, 0.4) is 0 Å². The van der Waals surface area contributed by atoms with Crippen molar-refractivity contribution in [2.75, 3.05) is 18.4 Å². The van der Waals surface area contributed by atoms with Gasteiger partial charge in [-0.05, 0) is 17.7 Å². The zero-order chi connectivity index (χ0) is 12.2. The van der Waals surface area contributed by atoms with Gasteiger partial charge in [-0.25, -0.2) is 9.18 Å². The Hall–Kier alpha value is -2.11. The van der Waals surface area contributed by atoms with Crippen molar-refractivity contribution in [2.24, 2.45) is 0 Å². The maximum Gasteiger partial charge on any atom is 0.407 e. The highest BCUT2D eigenvalue weighted by Crippen LogP contribution is 2.44. The number of carbonyl (C=O) groups excluding carboxylic acids is 1. The summed E-state index contributed by atoms with van der Waals surface area (Å²) in [7, 11) is 0. The van der Waals surface area contributed by atoms with Gasteiger partial charge in [-0.3, -0.25) is 4.79 Å². The third kappa shape index (κ3) is 1.17. The van der Waals surface area contributed by atoms with Crippen LogP contribution >= 0.6 is 0 Å². The van der Waals surface area contributed by atoms with Gasteiger partial charge in [0, 0.05) is 18.8 Å². The molecule has 1 fully saturated rings. The molecule has 2 aliphatic heterocycles. The Morgan fingerprint density at radius 1 is 1.47 bits per heavy atom. The van der Waals surface area contributed by atoms with Crippen LogP contribution in [0.1, 0.15) is 5.56 Å². The van der Waals surface area contributed by atoms with Crippen molar-refractivity contribution in [2.45, 2.75) is 5.41 Å². The van der Waals surface area contributed by atoms with E-state index >= 15 is 0 Å². The van der Waals surface area contributed by atoms with Gasteiger partial charge in [-0.2, -0.15) is 0 Å². The monoisotopic (exact) mass is 236 g/mol. The second kappa shape index (κ2) is 2.97. The average Bonchev–Trinajstić information content (AvgIpc) is 2.46. The third-order valence-corrected chi connectivity index (χ3v) is 3.37. The quantitative estimate of drug-likeness (QED) is 0.706. The molecule has 1 spiro atoms. The maximum atomic E-state index is 13.0. The molecule has 1 saturated heterocycles. The number of nitrogens with one attached hydrogen (secondary N) is 1. The molecule has 0 bridgehead atoms. The lowest BCUT2D eigenvalue weighted by atomic mass is 9.75.